The summed E-state index contributed by atoms with van der Waals surface area (Å²) in [6.45, 7) is 2.70. The zero-order chi connectivity index (χ0) is 13.6. The van der Waals surface area contributed by atoms with Gasteiger partial charge in [-0.1, -0.05) is 24.9 Å². The summed E-state index contributed by atoms with van der Waals surface area (Å²) in [5, 5.41) is 0. The Labute approximate surface area is 103 Å². The minimum absolute atomic E-state index is 0.0659. The van der Waals surface area contributed by atoms with Gasteiger partial charge in [-0.2, -0.15) is 8.78 Å². The number of halogens is 3. The molecule has 0 aliphatic heterocycles. The van der Waals surface area contributed by atoms with Gasteiger partial charge in [0.25, 0.3) is 0 Å². The Morgan fingerprint density at radius 2 is 1.94 bits per heavy atom. The summed E-state index contributed by atoms with van der Waals surface area (Å²) in [6, 6.07) is 0. The molecule has 0 aliphatic carbocycles. The van der Waals surface area contributed by atoms with Crippen LogP contribution in [0.2, 0.25) is 0 Å². The van der Waals surface area contributed by atoms with E-state index >= 15 is 0 Å². The minimum atomic E-state index is -3.79. The number of carbonyl (C=O) groups is 2. The smallest absolute Gasteiger partial charge is 0.377 e. The maximum Gasteiger partial charge on any atom is 0.377 e. The van der Waals surface area contributed by atoms with Crippen molar-refractivity contribution in [1.29, 1.82) is 0 Å². The van der Waals surface area contributed by atoms with Gasteiger partial charge in [0.2, 0.25) is 0 Å². The van der Waals surface area contributed by atoms with Crippen LogP contribution in [-0.2, 0) is 19.1 Å². The lowest BCUT2D eigenvalue weighted by Crippen LogP contribution is -2.43. The predicted octanol–water partition coefficient (Wildman–Crippen LogP) is 2.34. The molecule has 7 heteroatoms. The summed E-state index contributed by atoms with van der Waals surface area (Å²) in [7, 11) is 0.855. The highest BCUT2D eigenvalue weighted by Gasteiger charge is 2.52. The van der Waals surface area contributed by atoms with Gasteiger partial charge < -0.3 is 9.47 Å². The lowest BCUT2D eigenvalue weighted by atomic mass is 9.96. The van der Waals surface area contributed by atoms with E-state index in [1.54, 1.807) is 6.92 Å². The first-order chi connectivity index (χ1) is 7.77. The van der Waals surface area contributed by atoms with Gasteiger partial charge in [-0.15, -0.1) is 0 Å². The van der Waals surface area contributed by atoms with Crippen LogP contribution in [-0.4, -0.2) is 30.5 Å². The molecule has 0 N–H and O–H groups in total. The molecular formula is C10H15ClF2O4. The quantitative estimate of drug-likeness (QED) is 0.550. The number of hydrogen-bond acceptors (Lipinski definition) is 4. The van der Waals surface area contributed by atoms with Crippen LogP contribution in [0.25, 0.3) is 0 Å². The van der Waals surface area contributed by atoms with Crippen molar-refractivity contribution in [3.05, 3.63) is 0 Å². The van der Waals surface area contributed by atoms with Gasteiger partial charge in [0.05, 0.1) is 13.0 Å². The van der Waals surface area contributed by atoms with Crippen molar-refractivity contribution in [2.45, 2.75) is 38.2 Å². The Balaban J connectivity index is 4.93. The van der Waals surface area contributed by atoms with Gasteiger partial charge in [-0.05, 0) is 6.42 Å². The first kappa shape index (κ1) is 16.1. The molecular weight excluding hydrogens is 258 g/mol. The fraction of sp³-hybridized carbons (Fsp3) is 0.800. The zero-order valence-electron chi connectivity index (χ0n) is 9.84. The highest BCUT2D eigenvalue weighted by Crippen LogP contribution is 2.35. The van der Waals surface area contributed by atoms with E-state index in [2.05, 4.69) is 9.47 Å². The second-order valence-electron chi connectivity index (χ2n) is 3.47. The number of hydrogen-bond donors (Lipinski definition) is 0. The molecule has 4 nitrogen and oxygen atoms in total. The van der Waals surface area contributed by atoms with Gasteiger partial charge in [0, 0.05) is 6.92 Å². The molecule has 100 valence electrons. The molecule has 0 heterocycles. The SMILES string of the molecule is CCCC(C(Cl)OC(C)=O)C(F)(F)C(=O)OC. The summed E-state index contributed by atoms with van der Waals surface area (Å²) in [4.78, 5) is 21.6. The largest absolute Gasteiger partial charge is 0.465 e. The normalized spacial score (nSPS) is 14.9. The van der Waals surface area contributed by atoms with Crippen LogP contribution in [0.4, 0.5) is 8.78 Å². The van der Waals surface area contributed by atoms with Crippen molar-refractivity contribution in [3.8, 4) is 0 Å². The molecule has 0 fully saturated rings. The third-order valence-corrected chi connectivity index (χ3v) is 2.51. The van der Waals surface area contributed by atoms with E-state index < -0.39 is 29.3 Å². The fourth-order valence-corrected chi connectivity index (χ4v) is 1.73. The van der Waals surface area contributed by atoms with Gasteiger partial charge >= 0.3 is 17.9 Å². The molecule has 0 aromatic rings. The Morgan fingerprint density at radius 1 is 1.41 bits per heavy atom. The van der Waals surface area contributed by atoms with Crippen molar-refractivity contribution >= 4 is 23.5 Å². The van der Waals surface area contributed by atoms with Crippen molar-refractivity contribution in [2.75, 3.05) is 7.11 Å². The molecule has 0 aromatic heterocycles. The highest BCUT2D eigenvalue weighted by molar-refractivity contribution is 6.20. The van der Waals surface area contributed by atoms with Crippen LogP contribution >= 0.6 is 11.6 Å². The monoisotopic (exact) mass is 272 g/mol. The predicted molar refractivity (Wildman–Crippen MR) is 56.8 cm³/mol. The van der Waals surface area contributed by atoms with Crippen LogP contribution < -0.4 is 0 Å². The molecule has 0 spiro atoms. The molecule has 2 atom stereocenters. The topological polar surface area (TPSA) is 52.6 Å². The second kappa shape index (κ2) is 6.74. The van der Waals surface area contributed by atoms with Crippen molar-refractivity contribution in [2.24, 2.45) is 5.92 Å². The van der Waals surface area contributed by atoms with E-state index in [-0.39, 0.29) is 6.42 Å². The summed E-state index contributed by atoms with van der Waals surface area (Å²) < 4.78 is 35.7. The molecule has 0 radical (unpaired) electrons. The summed E-state index contributed by atoms with van der Waals surface area (Å²) >= 11 is 5.58. The van der Waals surface area contributed by atoms with E-state index in [9.17, 15) is 18.4 Å². The van der Waals surface area contributed by atoms with Gasteiger partial charge in [-0.25, -0.2) is 4.79 Å². The van der Waals surface area contributed by atoms with E-state index in [1.807, 2.05) is 0 Å². The average molecular weight is 273 g/mol. The number of alkyl halides is 3. The van der Waals surface area contributed by atoms with Crippen LogP contribution in [0.1, 0.15) is 26.7 Å². The highest BCUT2D eigenvalue weighted by atomic mass is 35.5. The number of rotatable bonds is 6. The van der Waals surface area contributed by atoms with Crippen molar-refractivity contribution < 1.29 is 27.8 Å². The molecule has 0 rings (SSSR count). The Kier molecular flexibility index (Phi) is 6.37. The lowest BCUT2D eigenvalue weighted by molar-refractivity contribution is -0.185. The first-order valence-corrected chi connectivity index (χ1v) is 5.48. The first-order valence-electron chi connectivity index (χ1n) is 5.04. The molecule has 2 unspecified atom stereocenters. The average Bonchev–Trinajstić information content (AvgIpc) is 2.23. The molecule has 0 aliphatic rings. The molecule has 0 saturated heterocycles. The zero-order valence-corrected chi connectivity index (χ0v) is 10.6. The van der Waals surface area contributed by atoms with Crippen LogP contribution in [0.5, 0.6) is 0 Å². The van der Waals surface area contributed by atoms with Crippen LogP contribution in [0.15, 0.2) is 0 Å². The van der Waals surface area contributed by atoms with E-state index in [0.717, 1.165) is 14.0 Å². The summed E-state index contributed by atoms with van der Waals surface area (Å²) in [5.41, 5.74) is -1.57. The Morgan fingerprint density at radius 3 is 2.29 bits per heavy atom. The number of ether oxygens (including phenoxy) is 2. The molecule has 0 amide bonds. The van der Waals surface area contributed by atoms with E-state index in [4.69, 9.17) is 11.6 Å². The molecule has 0 saturated carbocycles. The maximum absolute atomic E-state index is 13.6. The standard InChI is InChI=1S/C10H15ClF2O4/c1-4-5-7(8(11)17-6(2)14)10(12,13)9(15)16-3/h7-8H,4-5H2,1-3H3. The maximum atomic E-state index is 13.6. The third-order valence-electron chi connectivity index (χ3n) is 2.12. The van der Waals surface area contributed by atoms with Gasteiger partial charge in [0.15, 0.2) is 5.56 Å². The van der Waals surface area contributed by atoms with E-state index in [1.165, 1.54) is 0 Å². The number of esters is 2. The fourth-order valence-electron chi connectivity index (χ4n) is 1.32. The number of methoxy groups -OCH3 is 1. The van der Waals surface area contributed by atoms with Gasteiger partial charge in [-0.3, -0.25) is 4.79 Å². The second-order valence-corrected chi connectivity index (χ2v) is 3.90. The molecule has 0 bridgehead atoms. The molecule has 17 heavy (non-hydrogen) atoms. The van der Waals surface area contributed by atoms with Crippen molar-refractivity contribution in [3.63, 3.8) is 0 Å². The lowest BCUT2D eigenvalue weighted by Gasteiger charge is -2.27. The van der Waals surface area contributed by atoms with E-state index in [0.29, 0.717) is 6.42 Å². The Hall–Kier alpha value is -0.910. The third kappa shape index (κ3) is 4.46. The van der Waals surface area contributed by atoms with Crippen LogP contribution in [0, 0.1) is 5.92 Å². The van der Waals surface area contributed by atoms with Crippen molar-refractivity contribution in [1.82, 2.24) is 0 Å². The Bertz CT molecular complexity index is 283. The van der Waals surface area contributed by atoms with Gasteiger partial charge in [0.1, 0.15) is 0 Å². The minimum Gasteiger partial charge on any atom is -0.465 e. The summed E-state index contributed by atoms with van der Waals surface area (Å²) in [5.74, 6) is -7.86. The summed E-state index contributed by atoms with van der Waals surface area (Å²) in [6.07, 6.45) is 0.297. The van der Waals surface area contributed by atoms with Crippen LogP contribution in [0.3, 0.4) is 0 Å². The molecule has 0 aromatic carbocycles. The number of carbonyl (C=O) groups excluding carboxylic acids is 2.